The molecule has 2 fully saturated rings. The van der Waals surface area contributed by atoms with Gasteiger partial charge in [-0.3, -0.25) is 0 Å². The van der Waals surface area contributed by atoms with Crippen LogP contribution in [-0.2, 0) is 0 Å². The Hall–Kier alpha value is -0.990. The van der Waals surface area contributed by atoms with Crippen LogP contribution < -0.4 is 5.32 Å². The largest absolute Gasteiger partial charge is 0.334 e. The molecule has 0 aromatic heterocycles. The summed E-state index contributed by atoms with van der Waals surface area (Å²) < 4.78 is 0. The Morgan fingerprint density at radius 2 is 2.33 bits per heavy atom. The minimum Gasteiger partial charge on any atom is -0.334 e. The lowest BCUT2D eigenvalue weighted by atomic mass is 9.97. The molecule has 0 aromatic carbocycles. The zero-order valence-corrected chi connectivity index (χ0v) is 7.34. The minimum absolute atomic E-state index is 0.00292. The van der Waals surface area contributed by atoms with Crippen molar-refractivity contribution in [3.05, 3.63) is 12.3 Å². The molecule has 1 heterocycles. The van der Waals surface area contributed by atoms with Crippen molar-refractivity contribution in [1.82, 2.24) is 10.2 Å². The smallest absolute Gasteiger partial charge is 0.321 e. The van der Waals surface area contributed by atoms with E-state index in [1.165, 1.54) is 12.8 Å². The Balaban J connectivity index is 2.21. The normalized spacial score (nSPS) is 34.9. The van der Waals surface area contributed by atoms with Gasteiger partial charge in [0.1, 0.15) is 0 Å². The van der Waals surface area contributed by atoms with E-state index < -0.39 is 0 Å². The molecule has 0 spiro atoms. The van der Waals surface area contributed by atoms with Crippen molar-refractivity contribution in [2.24, 2.45) is 5.92 Å². The van der Waals surface area contributed by atoms with Gasteiger partial charge in [0, 0.05) is 24.7 Å². The quantitative estimate of drug-likeness (QED) is 0.578. The van der Waals surface area contributed by atoms with Gasteiger partial charge in [0.15, 0.2) is 0 Å². The standard InChI is InChI=1S/C9H14N2O/c1-6-7-4-3-5-8(7)10-9(12)11(6)2/h7-8H,1,3-5H2,2H3,(H,10,12). The summed E-state index contributed by atoms with van der Waals surface area (Å²) in [5, 5.41) is 2.98. The van der Waals surface area contributed by atoms with E-state index in [1.54, 1.807) is 11.9 Å². The van der Waals surface area contributed by atoms with Crippen LogP contribution >= 0.6 is 0 Å². The number of urea groups is 1. The maximum atomic E-state index is 11.3. The van der Waals surface area contributed by atoms with Crippen molar-refractivity contribution in [3.63, 3.8) is 0 Å². The van der Waals surface area contributed by atoms with E-state index in [2.05, 4.69) is 11.9 Å². The Morgan fingerprint density at radius 3 is 3.08 bits per heavy atom. The number of rotatable bonds is 0. The van der Waals surface area contributed by atoms with Crippen LogP contribution in [0.3, 0.4) is 0 Å². The first-order valence-corrected chi connectivity index (χ1v) is 4.43. The third-order valence-corrected chi connectivity index (χ3v) is 2.99. The van der Waals surface area contributed by atoms with Crippen LogP contribution in [0.15, 0.2) is 12.3 Å². The highest BCUT2D eigenvalue weighted by atomic mass is 16.2. The number of nitrogens with one attached hydrogen (secondary N) is 1. The van der Waals surface area contributed by atoms with Crippen LogP contribution in [0.4, 0.5) is 4.79 Å². The molecule has 2 atom stereocenters. The van der Waals surface area contributed by atoms with E-state index in [-0.39, 0.29) is 6.03 Å². The first-order valence-electron chi connectivity index (χ1n) is 4.43. The minimum atomic E-state index is 0.00292. The van der Waals surface area contributed by atoms with Gasteiger partial charge in [-0.2, -0.15) is 0 Å². The summed E-state index contributed by atoms with van der Waals surface area (Å²) in [6, 6.07) is 0.365. The van der Waals surface area contributed by atoms with Crippen LogP contribution in [0.1, 0.15) is 19.3 Å². The third-order valence-electron chi connectivity index (χ3n) is 2.99. The lowest BCUT2D eigenvalue weighted by Crippen LogP contribution is -2.51. The molecule has 0 radical (unpaired) electrons. The lowest BCUT2D eigenvalue weighted by Gasteiger charge is -2.35. The summed E-state index contributed by atoms with van der Waals surface area (Å²) in [7, 11) is 1.78. The van der Waals surface area contributed by atoms with E-state index in [0.717, 1.165) is 12.1 Å². The summed E-state index contributed by atoms with van der Waals surface area (Å²) >= 11 is 0. The van der Waals surface area contributed by atoms with Gasteiger partial charge in [0.25, 0.3) is 0 Å². The van der Waals surface area contributed by atoms with E-state index >= 15 is 0 Å². The highest BCUT2D eigenvalue weighted by Crippen LogP contribution is 2.34. The summed E-state index contributed by atoms with van der Waals surface area (Å²) in [5.41, 5.74) is 0.987. The molecule has 0 bridgehead atoms. The van der Waals surface area contributed by atoms with Crippen molar-refractivity contribution in [3.8, 4) is 0 Å². The van der Waals surface area contributed by atoms with E-state index in [0.29, 0.717) is 12.0 Å². The average Bonchev–Trinajstić information content (AvgIpc) is 2.48. The fourth-order valence-electron chi connectivity index (χ4n) is 2.17. The van der Waals surface area contributed by atoms with E-state index in [4.69, 9.17) is 0 Å². The molecule has 3 nitrogen and oxygen atoms in total. The fourth-order valence-corrected chi connectivity index (χ4v) is 2.17. The van der Waals surface area contributed by atoms with Crippen molar-refractivity contribution < 1.29 is 4.79 Å². The first-order chi connectivity index (χ1) is 5.70. The van der Waals surface area contributed by atoms with Crippen LogP contribution in [0.2, 0.25) is 0 Å². The van der Waals surface area contributed by atoms with Crippen molar-refractivity contribution in [2.45, 2.75) is 25.3 Å². The number of fused-ring (bicyclic) bond motifs is 1. The Kier molecular flexibility index (Phi) is 1.60. The Labute approximate surface area is 72.4 Å². The number of carbonyl (C=O) groups excluding carboxylic acids is 1. The maximum Gasteiger partial charge on any atom is 0.321 e. The van der Waals surface area contributed by atoms with Crippen molar-refractivity contribution in [1.29, 1.82) is 0 Å². The molecule has 2 rings (SSSR count). The Morgan fingerprint density at radius 1 is 1.58 bits per heavy atom. The Bertz CT molecular complexity index is 237. The molecule has 2 aliphatic rings. The number of amides is 2. The molecule has 66 valence electrons. The first kappa shape index (κ1) is 7.65. The second kappa shape index (κ2) is 2.51. The maximum absolute atomic E-state index is 11.3. The average molecular weight is 166 g/mol. The molecule has 2 amide bonds. The van der Waals surface area contributed by atoms with Gasteiger partial charge in [-0.05, 0) is 12.8 Å². The third kappa shape index (κ3) is 0.924. The molecular weight excluding hydrogens is 152 g/mol. The van der Waals surface area contributed by atoms with Gasteiger partial charge in [-0.15, -0.1) is 0 Å². The summed E-state index contributed by atoms with van der Waals surface area (Å²) in [4.78, 5) is 12.9. The molecule has 1 saturated carbocycles. The molecule has 1 aliphatic heterocycles. The molecule has 1 aliphatic carbocycles. The molecule has 2 unspecified atom stereocenters. The van der Waals surface area contributed by atoms with Gasteiger partial charge in [-0.1, -0.05) is 13.0 Å². The number of nitrogens with zero attached hydrogens (tertiary/aromatic N) is 1. The van der Waals surface area contributed by atoms with Gasteiger partial charge in [0.2, 0.25) is 0 Å². The van der Waals surface area contributed by atoms with Gasteiger partial charge < -0.3 is 10.2 Å². The molecule has 12 heavy (non-hydrogen) atoms. The van der Waals surface area contributed by atoms with Crippen molar-refractivity contribution in [2.75, 3.05) is 7.05 Å². The SMILES string of the molecule is C=C1C2CCCC2NC(=O)N1C. The molecule has 3 heteroatoms. The molecular formula is C9H14N2O. The van der Waals surface area contributed by atoms with Gasteiger partial charge in [0.05, 0.1) is 0 Å². The second-order valence-corrected chi connectivity index (χ2v) is 3.64. The van der Waals surface area contributed by atoms with Gasteiger partial charge >= 0.3 is 6.03 Å². The highest BCUT2D eigenvalue weighted by Gasteiger charge is 2.37. The molecule has 0 aromatic rings. The zero-order valence-electron chi connectivity index (χ0n) is 7.34. The zero-order chi connectivity index (χ0) is 8.72. The fraction of sp³-hybridized carbons (Fsp3) is 0.667. The van der Waals surface area contributed by atoms with E-state index in [1.807, 2.05) is 0 Å². The summed E-state index contributed by atoms with van der Waals surface area (Å²) in [6.45, 7) is 3.95. The number of hydrogen-bond acceptors (Lipinski definition) is 1. The highest BCUT2D eigenvalue weighted by molar-refractivity contribution is 5.77. The van der Waals surface area contributed by atoms with Crippen LogP contribution in [0, 0.1) is 5.92 Å². The predicted octanol–water partition coefficient (Wildman–Crippen LogP) is 1.32. The predicted molar refractivity (Wildman–Crippen MR) is 46.6 cm³/mol. The number of hydrogen-bond donors (Lipinski definition) is 1. The summed E-state index contributed by atoms with van der Waals surface area (Å²) in [5.74, 6) is 0.493. The number of carbonyl (C=O) groups is 1. The lowest BCUT2D eigenvalue weighted by molar-refractivity contribution is 0.193. The molecule has 1 saturated heterocycles. The monoisotopic (exact) mass is 166 g/mol. The summed E-state index contributed by atoms with van der Waals surface area (Å²) in [6.07, 6.45) is 3.50. The van der Waals surface area contributed by atoms with Crippen molar-refractivity contribution >= 4 is 6.03 Å². The van der Waals surface area contributed by atoms with Crippen LogP contribution in [0.5, 0.6) is 0 Å². The van der Waals surface area contributed by atoms with Crippen LogP contribution in [-0.4, -0.2) is 24.0 Å². The van der Waals surface area contributed by atoms with Gasteiger partial charge in [-0.25, -0.2) is 4.79 Å². The topological polar surface area (TPSA) is 32.3 Å². The molecule has 1 N–H and O–H groups in total. The van der Waals surface area contributed by atoms with E-state index in [9.17, 15) is 4.79 Å². The second-order valence-electron chi connectivity index (χ2n) is 3.64. The van der Waals surface area contributed by atoms with Crippen LogP contribution in [0.25, 0.3) is 0 Å².